The van der Waals surface area contributed by atoms with Gasteiger partial charge in [0.15, 0.2) is 0 Å². The molecule has 0 spiro atoms. The predicted octanol–water partition coefficient (Wildman–Crippen LogP) is 3.10. The van der Waals surface area contributed by atoms with Crippen molar-refractivity contribution >= 4 is 0 Å². The fraction of sp³-hybridized carbons (Fsp3) is 0.286. The summed E-state index contributed by atoms with van der Waals surface area (Å²) in [6, 6.07) is 6.09. The van der Waals surface area contributed by atoms with Crippen molar-refractivity contribution in [3.05, 3.63) is 59.4 Å². The lowest BCUT2D eigenvalue weighted by molar-refractivity contribution is 0.544. The SMILES string of the molecule is CNC(C)c1ccn(Cc2c(F)cccc2F)c1. The van der Waals surface area contributed by atoms with E-state index < -0.39 is 11.6 Å². The van der Waals surface area contributed by atoms with Gasteiger partial charge in [0.1, 0.15) is 11.6 Å². The number of rotatable bonds is 4. The van der Waals surface area contributed by atoms with Crippen LogP contribution in [-0.2, 0) is 6.54 Å². The van der Waals surface area contributed by atoms with E-state index in [1.807, 2.05) is 32.4 Å². The van der Waals surface area contributed by atoms with E-state index >= 15 is 0 Å². The molecule has 96 valence electrons. The maximum absolute atomic E-state index is 13.5. The number of hydrogen-bond donors (Lipinski definition) is 1. The van der Waals surface area contributed by atoms with Crippen molar-refractivity contribution < 1.29 is 8.78 Å². The molecule has 1 atom stereocenters. The Kier molecular flexibility index (Phi) is 3.77. The lowest BCUT2D eigenvalue weighted by Crippen LogP contribution is -2.11. The van der Waals surface area contributed by atoms with E-state index in [2.05, 4.69) is 5.32 Å². The first kappa shape index (κ1) is 12.8. The first-order chi connectivity index (χ1) is 8.61. The van der Waals surface area contributed by atoms with Gasteiger partial charge in [0.25, 0.3) is 0 Å². The molecule has 0 bridgehead atoms. The third kappa shape index (κ3) is 2.59. The van der Waals surface area contributed by atoms with E-state index in [1.54, 1.807) is 4.57 Å². The summed E-state index contributed by atoms with van der Waals surface area (Å²) in [5, 5.41) is 3.12. The van der Waals surface area contributed by atoms with E-state index in [4.69, 9.17) is 0 Å². The maximum Gasteiger partial charge on any atom is 0.131 e. The summed E-state index contributed by atoms with van der Waals surface area (Å²) in [7, 11) is 1.87. The quantitative estimate of drug-likeness (QED) is 0.882. The Morgan fingerprint density at radius 2 is 1.89 bits per heavy atom. The van der Waals surface area contributed by atoms with Crippen LogP contribution in [0.2, 0.25) is 0 Å². The highest BCUT2D eigenvalue weighted by Gasteiger charge is 2.10. The van der Waals surface area contributed by atoms with Crippen LogP contribution < -0.4 is 5.32 Å². The summed E-state index contributed by atoms with van der Waals surface area (Å²) in [6.45, 7) is 2.23. The molecule has 4 heteroatoms. The molecule has 1 heterocycles. The number of halogens is 2. The first-order valence-electron chi connectivity index (χ1n) is 5.87. The topological polar surface area (TPSA) is 17.0 Å². The van der Waals surface area contributed by atoms with E-state index in [-0.39, 0.29) is 18.2 Å². The van der Waals surface area contributed by atoms with Crippen LogP contribution in [0.15, 0.2) is 36.7 Å². The first-order valence-corrected chi connectivity index (χ1v) is 5.87. The van der Waals surface area contributed by atoms with Gasteiger partial charge in [-0.05, 0) is 37.7 Å². The normalized spacial score (nSPS) is 12.7. The third-order valence-electron chi connectivity index (χ3n) is 3.11. The number of nitrogens with zero attached hydrogens (tertiary/aromatic N) is 1. The van der Waals surface area contributed by atoms with E-state index in [9.17, 15) is 8.78 Å². The summed E-state index contributed by atoms with van der Waals surface area (Å²) in [4.78, 5) is 0. The molecule has 1 N–H and O–H groups in total. The van der Waals surface area contributed by atoms with E-state index in [0.717, 1.165) is 5.56 Å². The minimum Gasteiger partial charge on any atom is -0.349 e. The van der Waals surface area contributed by atoms with E-state index in [0.29, 0.717) is 0 Å². The molecule has 0 aliphatic rings. The summed E-state index contributed by atoms with van der Waals surface area (Å²) >= 11 is 0. The zero-order valence-electron chi connectivity index (χ0n) is 10.5. The van der Waals surface area contributed by atoms with Gasteiger partial charge in [-0.25, -0.2) is 8.78 Å². The highest BCUT2D eigenvalue weighted by molar-refractivity contribution is 5.22. The summed E-state index contributed by atoms with van der Waals surface area (Å²) in [5.74, 6) is -1.01. The van der Waals surface area contributed by atoms with Gasteiger partial charge in [0.2, 0.25) is 0 Å². The van der Waals surface area contributed by atoms with Crippen LogP contribution in [0.1, 0.15) is 24.1 Å². The van der Waals surface area contributed by atoms with Crippen molar-refractivity contribution in [2.45, 2.75) is 19.5 Å². The maximum atomic E-state index is 13.5. The van der Waals surface area contributed by atoms with Crippen molar-refractivity contribution in [1.82, 2.24) is 9.88 Å². The zero-order valence-corrected chi connectivity index (χ0v) is 10.5. The monoisotopic (exact) mass is 250 g/mol. The molecule has 0 saturated heterocycles. The van der Waals surface area contributed by atoms with Gasteiger partial charge in [0.05, 0.1) is 6.54 Å². The van der Waals surface area contributed by atoms with Gasteiger partial charge >= 0.3 is 0 Å². The number of hydrogen-bond acceptors (Lipinski definition) is 1. The Morgan fingerprint density at radius 1 is 1.22 bits per heavy atom. The van der Waals surface area contributed by atoms with Crippen molar-refractivity contribution in [2.75, 3.05) is 7.05 Å². The lowest BCUT2D eigenvalue weighted by Gasteiger charge is -2.08. The molecule has 0 radical (unpaired) electrons. The van der Waals surface area contributed by atoms with Crippen LogP contribution >= 0.6 is 0 Å². The molecule has 2 nitrogen and oxygen atoms in total. The van der Waals surface area contributed by atoms with E-state index in [1.165, 1.54) is 18.2 Å². The fourth-order valence-electron chi connectivity index (χ4n) is 1.85. The number of aromatic nitrogens is 1. The summed E-state index contributed by atoms with van der Waals surface area (Å²) in [6.07, 6.45) is 3.72. The molecular weight excluding hydrogens is 234 g/mol. The second-order valence-electron chi connectivity index (χ2n) is 4.33. The van der Waals surface area contributed by atoms with Gasteiger partial charge in [-0.2, -0.15) is 0 Å². The smallest absolute Gasteiger partial charge is 0.131 e. The highest BCUT2D eigenvalue weighted by Crippen LogP contribution is 2.16. The van der Waals surface area contributed by atoms with Gasteiger partial charge < -0.3 is 9.88 Å². The molecule has 2 aromatic rings. The Hall–Kier alpha value is -1.68. The van der Waals surface area contributed by atoms with Crippen molar-refractivity contribution in [3.8, 4) is 0 Å². The molecule has 2 rings (SSSR count). The summed E-state index contributed by atoms with van der Waals surface area (Å²) in [5.41, 5.74) is 1.19. The molecule has 1 aromatic heterocycles. The average molecular weight is 250 g/mol. The Labute approximate surface area is 105 Å². The molecule has 0 fully saturated rings. The van der Waals surface area contributed by atoms with Gasteiger partial charge in [-0.1, -0.05) is 6.07 Å². The van der Waals surface area contributed by atoms with Gasteiger partial charge in [0, 0.05) is 24.0 Å². The summed E-state index contributed by atoms with van der Waals surface area (Å²) < 4.78 is 28.8. The Bertz CT molecular complexity index is 514. The molecule has 1 unspecified atom stereocenters. The van der Waals surface area contributed by atoms with Gasteiger partial charge in [-0.3, -0.25) is 0 Å². The molecule has 0 saturated carbocycles. The number of benzene rings is 1. The fourth-order valence-corrected chi connectivity index (χ4v) is 1.85. The average Bonchev–Trinajstić information content (AvgIpc) is 2.81. The largest absolute Gasteiger partial charge is 0.349 e. The molecule has 1 aromatic carbocycles. The molecule has 0 aliphatic heterocycles. The Morgan fingerprint density at radius 3 is 2.50 bits per heavy atom. The standard InChI is InChI=1S/C14H16F2N2/c1-10(17-2)11-6-7-18(8-11)9-12-13(15)4-3-5-14(12)16/h3-8,10,17H,9H2,1-2H3. The molecule has 0 amide bonds. The van der Waals surface area contributed by atoms with Crippen LogP contribution in [0, 0.1) is 11.6 Å². The predicted molar refractivity (Wildman–Crippen MR) is 67.4 cm³/mol. The number of nitrogens with one attached hydrogen (secondary N) is 1. The van der Waals surface area contributed by atoms with Crippen molar-refractivity contribution in [1.29, 1.82) is 0 Å². The van der Waals surface area contributed by atoms with Crippen molar-refractivity contribution in [2.24, 2.45) is 0 Å². The van der Waals surface area contributed by atoms with Crippen molar-refractivity contribution in [3.63, 3.8) is 0 Å². The van der Waals surface area contributed by atoms with Gasteiger partial charge in [-0.15, -0.1) is 0 Å². The second-order valence-corrected chi connectivity index (χ2v) is 4.33. The molecular formula is C14H16F2N2. The van der Waals surface area contributed by atoms with Crippen LogP contribution in [-0.4, -0.2) is 11.6 Å². The van der Waals surface area contributed by atoms with Crippen LogP contribution in [0.25, 0.3) is 0 Å². The molecule has 0 aliphatic carbocycles. The molecule has 18 heavy (non-hydrogen) atoms. The van der Waals surface area contributed by atoms with Crippen LogP contribution in [0.4, 0.5) is 8.78 Å². The lowest BCUT2D eigenvalue weighted by atomic mass is 10.2. The Balaban J connectivity index is 2.21. The zero-order chi connectivity index (χ0) is 13.1. The highest BCUT2D eigenvalue weighted by atomic mass is 19.1. The minimum absolute atomic E-state index is 0.0942. The van der Waals surface area contributed by atoms with Crippen LogP contribution in [0.3, 0.4) is 0 Å². The van der Waals surface area contributed by atoms with Crippen LogP contribution in [0.5, 0.6) is 0 Å². The second kappa shape index (κ2) is 5.31. The minimum atomic E-state index is -0.507. The third-order valence-corrected chi connectivity index (χ3v) is 3.11.